The van der Waals surface area contributed by atoms with Crippen molar-refractivity contribution in [2.75, 3.05) is 14.2 Å². The maximum Gasteiger partial charge on any atom is 0.407 e. The van der Waals surface area contributed by atoms with Crippen molar-refractivity contribution in [3.8, 4) is 33.6 Å². The second-order valence-corrected chi connectivity index (χ2v) is 19.1. The third-order valence-electron chi connectivity index (χ3n) is 14.6. The van der Waals surface area contributed by atoms with Crippen LogP contribution < -0.4 is 10.6 Å². The number of methoxy groups -OCH3 is 2. The third kappa shape index (κ3) is 6.59. The summed E-state index contributed by atoms with van der Waals surface area (Å²) in [6.45, 7) is 7.72. The fraction of sp³-hybridized carbons (Fsp3) is 0.400. The van der Waals surface area contributed by atoms with Crippen LogP contribution in [0.1, 0.15) is 64.3 Å². The van der Waals surface area contributed by atoms with Crippen molar-refractivity contribution in [3.63, 3.8) is 0 Å². The Balaban J connectivity index is 0.786. The fourth-order valence-electron chi connectivity index (χ4n) is 11.0. The van der Waals surface area contributed by atoms with Crippen LogP contribution in [0.2, 0.25) is 0 Å². The Morgan fingerprint density at radius 2 is 1.06 bits per heavy atom. The average molecular weight is 861 g/mol. The normalized spacial score (nSPS) is 25.6. The molecular weight excluding hydrogens is 809 g/mol. The molecule has 2 aromatic heterocycles. The first kappa shape index (κ1) is 40.1. The van der Waals surface area contributed by atoms with Gasteiger partial charge in [0.05, 0.1) is 50.1 Å². The molecule has 64 heavy (non-hydrogen) atoms. The largest absolute Gasteiger partial charge is 0.453 e. The summed E-state index contributed by atoms with van der Waals surface area (Å²) in [5.74, 6) is 3.12. The van der Waals surface area contributed by atoms with E-state index in [-0.39, 0.29) is 47.8 Å². The number of piperidine rings is 2. The lowest BCUT2D eigenvalue weighted by atomic mass is 9.97. The Kier molecular flexibility index (Phi) is 9.37. The van der Waals surface area contributed by atoms with Crippen molar-refractivity contribution < 1.29 is 28.7 Å². The van der Waals surface area contributed by atoms with Crippen molar-refractivity contribution in [2.24, 2.45) is 35.5 Å². The smallest absolute Gasteiger partial charge is 0.407 e. The molecule has 3 aliphatic carbocycles. The summed E-state index contributed by atoms with van der Waals surface area (Å²) in [6.07, 6.45) is 4.32. The number of hydrogen-bond donors (Lipinski definition) is 4. The predicted octanol–water partition coefficient (Wildman–Crippen LogP) is 7.99. The first-order valence-corrected chi connectivity index (χ1v) is 22.4. The van der Waals surface area contributed by atoms with Crippen LogP contribution in [-0.2, 0) is 19.1 Å². The quantitative estimate of drug-likeness (QED) is 0.101. The zero-order valence-electron chi connectivity index (χ0n) is 36.7. The van der Waals surface area contributed by atoms with Crippen molar-refractivity contribution in [2.45, 2.75) is 76.8 Å². The van der Waals surface area contributed by atoms with Gasteiger partial charge in [0.15, 0.2) is 0 Å². The maximum atomic E-state index is 13.9. The molecule has 4 aromatic carbocycles. The van der Waals surface area contributed by atoms with Gasteiger partial charge >= 0.3 is 12.2 Å². The number of fused-ring (bicyclic) bond motifs is 4. The summed E-state index contributed by atoms with van der Waals surface area (Å²) in [4.78, 5) is 72.5. The summed E-state index contributed by atoms with van der Waals surface area (Å²) in [5.41, 5.74) is 6.07. The lowest BCUT2D eigenvalue weighted by molar-refractivity contribution is -0.137. The maximum absolute atomic E-state index is 13.9. The van der Waals surface area contributed by atoms with E-state index in [0.29, 0.717) is 23.7 Å². The van der Waals surface area contributed by atoms with Crippen molar-refractivity contribution in [1.29, 1.82) is 0 Å². The molecule has 0 radical (unpaired) electrons. The van der Waals surface area contributed by atoms with E-state index in [9.17, 15) is 19.2 Å². The van der Waals surface area contributed by atoms with Gasteiger partial charge in [0.25, 0.3) is 0 Å². The van der Waals surface area contributed by atoms with Crippen molar-refractivity contribution >= 4 is 45.5 Å². The van der Waals surface area contributed by atoms with E-state index in [0.717, 1.165) is 79.7 Å². The van der Waals surface area contributed by atoms with Gasteiger partial charge in [0.1, 0.15) is 23.7 Å². The minimum Gasteiger partial charge on any atom is -0.453 e. The third-order valence-corrected chi connectivity index (χ3v) is 14.6. The SMILES string of the molecule is COC(=O)N[C@H](C(=O)N1C2C3C([C@@H]32)[C@H]1c1ncc(-c2ccc3cc(-c4ccc5cc(-c6cnc([C@@H]7C[C@H]8C[C@H]8N7C(=O)[C@@H](NC(=O)OC)C(C)C)[nH]6)ccc5c4)ccc3c2)[nH]1)C(C)C. The molecule has 3 aliphatic heterocycles. The number of rotatable bonds is 11. The Bertz CT molecular complexity index is 2870. The molecule has 6 aliphatic rings. The number of amides is 4. The lowest BCUT2D eigenvalue weighted by Gasteiger charge is -2.31. The van der Waals surface area contributed by atoms with Gasteiger partial charge in [0, 0.05) is 23.2 Å². The molecule has 3 saturated carbocycles. The molecule has 6 aromatic rings. The minimum atomic E-state index is -0.677. The van der Waals surface area contributed by atoms with Gasteiger partial charge in [-0.2, -0.15) is 0 Å². The Hall–Kier alpha value is -6.70. The zero-order chi connectivity index (χ0) is 44.3. The number of alkyl carbamates (subject to hydrolysis) is 2. The molecule has 14 heteroatoms. The molecule has 12 rings (SSSR count). The van der Waals surface area contributed by atoms with E-state index >= 15 is 0 Å². The van der Waals surface area contributed by atoms with E-state index < -0.39 is 24.3 Å². The molecule has 0 spiro atoms. The molecule has 3 saturated heterocycles. The summed E-state index contributed by atoms with van der Waals surface area (Å²) in [7, 11) is 2.62. The molecule has 3 unspecified atom stereocenters. The van der Waals surface area contributed by atoms with E-state index in [1.165, 1.54) is 14.2 Å². The number of hydrogen-bond acceptors (Lipinski definition) is 8. The number of nitrogens with one attached hydrogen (secondary N) is 4. The van der Waals surface area contributed by atoms with Crippen LogP contribution in [0.4, 0.5) is 9.59 Å². The van der Waals surface area contributed by atoms with Crippen LogP contribution in [-0.4, -0.2) is 92.1 Å². The molecule has 10 atom stereocenters. The van der Waals surface area contributed by atoms with E-state index in [1.54, 1.807) is 0 Å². The van der Waals surface area contributed by atoms with Crippen LogP contribution in [0.3, 0.4) is 0 Å². The number of carbonyl (C=O) groups is 4. The van der Waals surface area contributed by atoms with Gasteiger partial charge in [-0.3, -0.25) is 9.59 Å². The molecule has 4 amide bonds. The fourth-order valence-corrected chi connectivity index (χ4v) is 11.0. The number of nitrogens with zero attached hydrogens (tertiary/aromatic N) is 4. The van der Waals surface area contributed by atoms with Crippen LogP contribution >= 0.6 is 0 Å². The van der Waals surface area contributed by atoms with Crippen LogP contribution in [0, 0.1) is 35.5 Å². The summed E-state index contributed by atoms with van der Waals surface area (Å²) in [6, 6.07) is 24.7. The highest BCUT2D eigenvalue weighted by Crippen LogP contribution is 2.81. The van der Waals surface area contributed by atoms with Gasteiger partial charge in [-0.25, -0.2) is 19.6 Å². The Morgan fingerprint density at radius 1 is 0.609 bits per heavy atom. The minimum absolute atomic E-state index is 0.0744. The molecule has 2 bridgehead atoms. The summed E-state index contributed by atoms with van der Waals surface area (Å²) < 4.78 is 9.64. The van der Waals surface area contributed by atoms with E-state index in [2.05, 4.69) is 93.4 Å². The van der Waals surface area contributed by atoms with E-state index in [4.69, 9.17) is 19.4 Å². The molecule has 14 nitrogen and oxygen atoms in total. The standard InChI is InChI=1S/C50H52N8O6/c1-23(2)41(55-49(61)63-5)47(59)57-36-19-33(36)20-37(57)45-51-21-34(53-45)31-13-11-27-15-25(7-9-29(27)17-31)26-8-10-30-18-32(14-12-28(30)16-26)35-22-52-46(54-35)44-40-38-39(40)43(38)58(44)48(60)42(24(3)4)56-50(62)64-6/h7-18,21-24,33,36-44H,19-20H2,1-6H3,(H,51,53)(H,52,54)(H,55,61)(H,56,62)/t33-,36-,37+,38-,39?,40?,41+,42+,43?,44+/m1/s1. The molecule has 6 fully saturated rings. The topological polar surface area (TPSA) is 175 Å². The number of imidazole rings is 2. The van der Waals surface area contributed by atoms with Gasteiger partial charge in [-0.1, -0.05) is 76.2 Å². The highest BCUT2D eigenvalue weighted by molar-refractivity contribution is 5.94. The molecular formula is C50H52N8O6. The number of H-pyrrole nitrogens is 2. The van der Waals surface area contributed by atoms with Crippen LogP contribution in [0.5, 0.6) is 0 Å². The Morgan fingerprint density at radius 3 is 1.56 bits per heavy atom. The molecule has 328 valence electrons. The van der Waals surface area contributed by atoms with Gasteiger partial charge in [0.2, 0.25) is 11.8 Å². The summed E-state index contributed by atoms with van der Waals surface area (Å²) >= 11 is 0. The highest BCUT2D eigenvalue weighted by atomic mass is 16.5. The predicted molar refractivity (Wildman–Crippen MR) is 240 cm³/mol. The first-order chi connectivity index (χ1) is 30.9. The number of likely N-dealkylation sites (tertiary alicyclic amines) is 1. The van der Waals surface area contributed by atoms with Gasteiger partial charge in [-0.15, -0.1) is 0 Å². The van der Waals surface area contributed by atoms with E-state index in [1.807, 2.05) is 49.9 Å². The van der Waals surface area contributed by atoms with Gasteiger partial charge in [-0.05, 0) is 105 Å². The zero-order valence-corrected chi connectivity index (χ0v) is 36.7. The van der Waals surface area contributed by atoms with Crippen LogP contribution in [0.15, 0.2) is 85.2 Å². The first-order valence-electron chi connectivity index (χ1n) is 22.4. The lowest BCUT2D eigenvalue weighted by Crippen LogP contribution is -2.52. The second-order valence-electron chi connectivity index (χ2n) is 19.1. The molecule has 4 N–H and O–H groups in total. The number of aromatic nitrogens is 4. The number of ether oxygens (including phenoxy) is 2. The second kappa shape index (κ2) is 15.0. The number of benzene rings is 4. The monoisotopic (exact) mass is 860 g/mol. The van der Waals surface area contributed by atoms with Crippen molar-refractivity contribution in [1.82, 2.24) is 40.4 Å². The average Bonchev–Trinajstić information content (AvgIpc) is 4.09. The van der Waals surface area contributed by atoms with Crippen molar-refractivity contribution in [3.05, 3.63) is 96.8 Å². The molecule has 5 heterocycles. The van der Waals surface area contributed by atoms with Crippen LogP contribution in [0.25, 0.3) is 55.2 Å². The number of aromatic amines is 2. The Labute approximate surface area is 370 Å². The number of carbonyl (C=O) groups excluding carboxylic acids is 4. The summed E-state index contributed by atoms with van der Waals surface area (Å²) in [5, 5.41) is 9.98. The van der Waals surface area contributed by atoms with Gasteiger partial charge < -0.3 is 39.9 Å². The highest BCUT2D eigenvalue weighted by Gasteiger charge is 2.86.